The van der Waals surface area contributed by atoms with E-state index in [1.165, 1.54) is 28.4 Å². The van der Waals surface area contributed by atoms with Crippen LogP contribution in [0.5, 0.6) is 5.75 Å². The number of carboxylic acids is 1. The van der Waals surface area contributed by atoms with Gasteiger partial charge in [-0.1, -0.05) is 59.9 Å². The predicted molar refractivity (Wildman–Crippen MR) is 167 cm³/mol. The van der Waals surface area contributed by atoms with Crippen LogP contribution >= 0.6 is 23.5 Å². The molecular weight excluding hydrogens is 606 g/mol. The second-order valence-corrected chi connectivity index (χ2v) is 11.2. The molecule has 0 fully saturated rings. The van der Waals surface area contributed by atoms with Gasteiger partial charge in [-0.05, 0) is 48.5 Å². The van der Waals surface area contributed by atoms with Crippen LogP contribution in [0.4, 0.5) is 5.69 Å². The summed E-state index contributed by atoms with van der Waals surface area (Å²) in [5.41, 5.74) is 0.465. The summed E-state index contributed by atoms with van der Waals surface area (Å²) in [5.74, 6) is -1.14. The number of carbonyl (C=O) groups is 3. The number of carbonyl (C=O) groups excluding carboxylic acids is 2. The maximum absolute atomic E-state index is 13.6. The number of nitrogens with zero attached hydrogens (tertiary/aromatic N) is 1. The number of ether oxygens (including phenoxy) is 5. The summed E-state index contributed by atoms with van der Waals surface area (Å²) in [7, 11) is 0. The Morgan fingerprint density at radius 2 is 1.02 bits per heavy atom. The fourth-order valence-electron chi connectivity index (χ4n) is 3.85. The monoisotopic (exact) mass is 639 g/mol. The molecule has 0 saturated heterocycles. The van der Waals surface area contributed by atoms with Crippen LogP contribution in [0.15, 0.2) is 105 Å². The Hall–Kier alpha value is -3.65. The maximum Gasteiger partial charge on any atom is 0.329 e. The Balaban J connectivity index is 1.20. The van der Waals surface area contributed by atoms with Crippen molar-refractivity contribution in [3.05, 3.63) is 94.7 Å². The average Bonchev–Trinajstić information content (AvgIpc) is 3.26. The molecule has 0 bridgehead atoms. The fraction of sp³-hybridized carbons (Fsp3) is 0.281. The van der Waals surface area contributed by atoms with Gasteiger partial charge < -0.3 is 28.8 Å². The van der Waals surface area contributed by atoms with E-state index in [1.807, 2.05) is 60.7 Å². The second-order valence-electron chi connectivity index (χ2n) is 9.06. The molecule has 0 aromatic heterocycles. The van der Waals surface area contributed by atoms with Gasteiger partial charge in [0.1, 0.15) is 19.0 Å². The number of benzene rings is 3. The van der Waals surface area contributed by atoms with Gasteiger partial charge >= 0.3 is 5.97 Å². The Morgan fingerprint density at radius 3 is 1.48 bits per heavy atom. The molecule has 2 amide bonds. The van der Waals surface area contributed by atoms with Crippen molar-refractivity contribution in [3.63, 3.8) is 0 Å². The lowest BCUT2D eigenvalue weighted by atomic mass is 10.3. The van der Waals surface area contributed by atoms with Crippen molar-refractivity contribution in [2.75, 3.05) is 64.4 Å². The van der Waals surface area contributed by atoms with E-state index >= 15 is 0 Å². The molecule has 1 N–H and O–H groups in total. The number of imide groups is 1. The number of amides is 2. The molecule has 232 valence electrons. The van der Waals surface area contributed by atoms with Crippen molar-refractivity contribution in [2.45, 2.75) is 9.79 Å². The van der Waals surface area contributed by atoms with Crippen LogP contribution in [-0.4, -0.2) is 82.4 Å². The van der Waals surface area contributed by atoms with Crippen LogP contribution in [0, 0.1) is 0 Å². The molecule has 0 atom stereocenters. The number of rotatable bonds is 20. The Kier molecular flexibility index (Phi) is 13.8. The van der Waals surface area contributed by atoms with E-state index in [0.717, 1.165) is 9.79 Å². The lowest BCUT2D eigenvalue weighted by molar-refractivity contribution is -0.142. The topological polar surface area (TPSA) is 121 Å². The molecule has 1 aliphatic rings. The van der Waals surface area contributed by atoms with Crippen LogP contribution in [0.1, 0.15) is 0 Å². The molecular formula is C32H33NO9S2. The fourth-order valence-corrected chi connectivity index (χ4v) is 5.87. The van der Waals surface area contributed by atoms with Crippen LogP contribution in [0.3, 0.4) is 0 Å². The van der Waals surface area contributed by atoms with Crippen molar-refractivity contribution in [1.82, 2.24) is 0 Å². The third-order valence-electron chi connectivity index (χ3n) is 5.86. The minimum atomic E-state index is -1.01. The smallest absolute Gasteiger partial charge is 0.329 e. The molecule has 44 heavy (non-hydrogen) atoms. The highest BCUT2D eigenvalue weighted by atomic mass is 32.2. The third-order valence-corrected chi connectivity index (χ3v) is 8.17. The van der Waals surface area contributed by atoms with E-state index in [-0.39, 0.29) is 25.0 Å². The van der Waals surface area contributed by atoms with Crippen molar-refractivity contribution in [3.8, 4) is 5.75 Å². The summed E-state index contributed by atoms with van der Waals surface area (Å²) < 4.78 is 26.8. The SMILES string of the molecule is O=C(O)COCCOCCOCCOCCOc1ccc(N2C(=O)C(Sc3ccccc3)=C(Sc3ccccc3)C2=O)cc1. The zero-order valence-corrected chi connectivity index (χ0v) is 25.6. The number of hydrogen-bond donors (Lipinski definition) is 1. The minimum Gasteiger partial charge on any atom is -0.491 e. The Bertz CT molecular complexity index is 1320. The van der Waals surface area contributed by atoms with Gasteiger partial charge in [0.25, 0.3) is 11.8 Å². The van der Waals surface area contributed by atoms with Crippen molar-refractivity contribution in [2.24, 2.45) is 0 Å². The number of aliphatic carboxylic acids is 1. The first-order valence-corrected chi connectivity index (χ1v) is 15.5. The molecule has 3 aromatic carbocycles. The molecule has 0 spiro atoms. The molecule has 0 aliphatic carbocycles. The van der Waals surface area contributed by atoms with E-state index in [4.69, 9.17) is 28.8 Å². The number of anilines is 1. The largest absolute Gasteiger partial charge is 0.491 e. The normalized spacial score (nSPS) is 13.1. The van der Waals surface area contributed by atoms with E-state index in [2.05, 4.69) is 0 Å². The molecule has 12 heteroatoms. The predicted octanol–water partition coefficient (Wildman–Crippen LogP) is 4.89. The van der Waals surface area contributed by atoms with Crippen LogP contribution < -0.4 is 9.64 Å². The van der Waals surface area contributed by atoms with Crippen LogP contribution in [-0.2, 0) is 33.3 Å². The summed E-state index contributed by atoms with van der Waals surface area (Å²) in [6, 6.07) is 25.9. The van der Waals surface area contributed by atoms with E-state index in [0.29, 0.717) is 67.5 Å². The average molecular weight is 640 g/mol. The molecule has 0 unspecified atom stereocenters. The van der Waals surface area contributed by atoms with Gasteiger partial charge in [-0.2, -0.15) is 0 Å². The highest BCUT2D eigenvalue weighted by molar-refractivity contribution is 8.08. The molecule has 1 aliphatic heterocycles. The summed E-state index contributed by atoms with van der Waals surface area (Å²) in [6.07, 6.45) is 0. The Labute approximate surface area is 264 Å². The first-order valence-electron chi connectivity index (χ1n) is 13.9. The highest BCUT2D eigenvalue weighted by Gasteiger charge is 2.40. The molecule has 0 radical (unpaired) electrons. The Morgan fingerprint density at radius 1 is 0.591 bits per heavy atom. The zero-order valence-electron chi connectivity index (χ0n) is 23.9. The highest BCUT2D eigenvalue weighted by Crippen LogP contribution is 2.43. The van der Waals surface area contributed by atoms with Crippen molar-refractivity contribution in [1.29, 1.82) is 0 Å². The molecule has 4 rings (SSSR count). The zero-order chi connectivity index (χ0) is 31.0. The van der Waals surface area contributed by atoms with Gasteiger partial charge in [0.2, 0.25) is 0 Å². The van der Waals surface area contributed by atoms with E-state index in [1.54, 1.807) is 24.3 Å². The summed E-state index contributed by atoms with van der Waals surface area (Å²) in [6.45, 7) is 2.41. The minimum absolute atomic E-state index is 0.216. The van der Waals surface area contributed by atoms with Gasteiger partial charge in [0.15, 0.2) is 0 Å². The van der Waals surface area contributed by atoms with E-state index < -0.39 is 5.97 Å². The van der Waals surface area contributed by atoms with Gasteiger partial charge in [-0.3, -0.25) is 9.59 Å². The first kappa shape index (κ1) is 33.2. The first-order chi connectivity index (χ1) is 21.5. The lowest BCUT2D eigenvalue weighted by Gasteiger charge is -2.16. The number of carboxylic acid groups (broad SMARTS) is 1. The third kappa shape index (κ3) is 10.5. The maximum atomic E-state index is 13.6. The number of thioether (sulfide) groups is 2. The summed E-state index contributed by atoms with van der Waals surface area (Å²) in [5, 5.41) is 8.47. The van der Waals surface area contributed by atoms with Gasteiger partial charge in [-0.25, -0.2) is 9.69 Å². The molecule has 10 nitrogen and oxygen atoms in total. The van der Waals surface area contributed by atoms with Crippen molar-refractivity contribution < 1.29 is 43.2 Å². The van der Waals surface area contributed by atoms with Crippen molar-refractivity contribution >= 4 is 47.0 Å². The van der Waals surface area contributed by atoms with Gasteiger partial charge in [0, 0.05) is 9.79 Å². The van der Waals surface area contributed by atoms with Crippen LogP contribution in [0.2, 0.25) is 0 Å². The summed E-state index contributed by atoms with van der Waals surface area (Å²) >= 11 is 2.58. The van der Waals surface area contributed by atoms with E-state index in [9.17, 15) is 14.4 Å². The quantitative estimate of drug-likeness (QED) is 0.134. The lowest BCUT2D eigenvalue weighted by Crippen LogP contribution is -2.31. The summed E-state index contributed by atoms with van der Waals surface area (Å²) in [4.78, 5) is 41.2. The second kappa shape index (κ2) is 18.2. The van der Waals surface area contributed by atoms with Crippen LogP contribution in [0.25, 0.3) is 0 Å². The van der Waals surface area contributed by atoms with Gasteiger partial charge in [-0.15, -0.1) is 0 Å². The molecule has 0 saturated carbocycles. The number of hydrogen-bond acceptors (Lipinski definition) is 10. The molecule has 3 aromatic rings. The standard InChI is InChI=1S/C32H33NO9S2/c34-28(35)23-41-20-19-39-16-15-38-17-18-40-21-22-42-25-13-11-24(12-14-25)33-31(36)29(43-26-7-3-1-4-8-26)30(32(33)37)44-27-9-5-2-6-10-27/h1-14H,15-23H2,(H,34,35). The molecule has 1 heterocycles. The van der Waals surface area contributed by atoms with Gasteiger partial charge in [0.05, 0.1) is 61.7 Å².